The predicted molar refractivity (Wildman–Crippen MR) is 59.9 cm³/mol. The van der Waals surface area contributed by atoms with Crippen molar-refractivity contribution in [2.75, 3.05) is 26.4 Å². The van der Waals surface area contributed by atoms with Gasteiger partial charge in [-0.2, -0.15) is 0 Å². The maximum absolute atomic E-state index is 10.8. The minimum Gasteiger partial charge on any atom is -0.478 e. The van der Waals surface area contributed by atoms with Gasteiger partial charge >= 0.3 is 5.97 Å². The van der Waals surface area contributed by atoms with E-state index in [9.17, 15) is 4.79 Å². The fourth-order valence-corrected chi connectivity index (χ4v) is 1.34. The van der Waals surface area contributed by atoms with Crippen LogP contribution in [0, 0.1) is 0 Å². The molecule has 0 unspecified atom stereocenters. The Morgan fingerprint density at radius 2 is 2.29 bits per heavy atom. The highest BCUT2D eigenvalue weighted by atomic mass is 16.5. The molecule has 1 aromatic heterocycles. The number of rotatable bonds is 9. The van der Waals surface area contributed by atoms with E-state index in [1.807, 2.05) is 0 Å². The monoisotopic (exact) mass is 243 g/mol. The number of aliphatic hydroxyl groups excluding tert-OH is 1. The van der Waals surface area contributed by atoms with Gasteiger partial charge in [-0.1, -0.05) is 0 Å². The van der Waals surface area contributed by atoms with Crippen molar-refractivity contribution in [1.82, 2.24) is 5.32 Å². The average molecular weight is 243 g/mol. The Morgan fingerprint density at radius 3 is 3.00 bits per heavy atom. The van der Waals surface area contributed by atoms with Gasteiger partial charge < -0.3 is 24.7 Å². The Morgan fingerprint density at radius 1 is 1.47 bits per heavy atom. The zero-order chi connectivity index (χ0) is 12.5. The molecule has 0 aliphatic rings. The van der Waals surface area contributed by atoms with Gasteiger partial charge in [0.2, 0.25) is 0 Å². The van der Waals surface area contributed by atoms with Crippen molar-refractivity contribution in [3.05, 3.63) is 23.7 Å². The van der Waals surface area contributed by atoms with Crippen LogP contribution >= 0.6 is 0 Å². The van der Waals surface area contributed by atoms with Gasteiger partial charge in [0.15, 0.2) is 0 Å². The second kappa shape index (κ2) is 7.83. The third-order valence-electron chi connectivity index (χ3n) is 2.14. The van der Waals surface area contributed by atoms with Gasteiger partial charge in [-0.3, -0.25) is 0 Å². The minimum atomic E-state index is -0.984. The van der Waals surface area contributed by atoms with E-state index < -0.39 is 5.97 Å². The highest BCUT2D eigenvalue weighted by molar-refractivity contribution is 5.88. The van der Waals surface area contributed by atoms with E-state index >= 15 is 0 Å². The molecule has 0 aliphatic carbocycles. The molecule has 0 saturated carbocycles. The Hall–Kier alpha value is -1.37. The van der Waals surface area contributed by atoms with Crippen molar-refractivity contribution in [1.29, 1.82) is 0 Å². The summed E-state index contributed by atoms with van der Waals surface area (Å²) in [6, 6.07) is 1.43. The summed E-state index contributed by atoms with van der Waals surface area (Å²) in [6.45, 7) is 2.03. The van der Waals surface area contributed by atoms with Gasteiger partial charge in [0, 0.05) is 6.61 Å². The molecule has 0 spiro atoms. The van der Waals surface area contributed by atoms with Crippen molar-refractivity contribution in [3.63, 3.8) is 0 Å². The second-order valence-electron chi connectivity index (χ2n) is 3.43. The van der Waals surface area contributed by atoms with E-state index in [1.54, 1.807) is 0 Å². The molecular weight excluding hydrogens is 226 g/mol. The number of ether oxygens (including phenoxy) is 1. The summed E-state index contributed by atoms with van der Waals surface area (Å²) in [5.74, 6) is -0.560. The first-order valence-corrected chi connectivity index (χ1v) is 5.44. The maximum Gasteiger partial charge on any atom is 0.339 e. The van der Waals surface area contributed by atoms with Gasteiger partial charge in [0.1, 0.15) is 11.3 Å². The first kappa shape index (κ1) is 13.7. The number of carboxylic acid groups (broad SMARTS) is 1. The topological polar surface area (TPSA) is 91.9 Å². The number of hydrogen-bond donors (Lipinski definition) is 3. The van der Waals surface area contributed by atoms with Crippen LogP contribution in [0.15, 0.2) is 16.7 Å². The molecule has 0 fully saturated rings. The predicted octanol–water partition coefficient (Wildman–Crippen LogP) is 0.466. The summed E-state index contributed by atoms with van der Waals surface area (Å²) in [6.07, 6.45) is 2.16. The van der Waals surface area contributed by atoms with Gasteiger partial charge in [0.25, 0.3) is 0 Å². The van der Waals surface area contributed by atoms with Crippen LogP contribution in [0.1, 0.15) is 22.5 Å². The highest BCUT2D eigenvalue weighted by Crippen LogP contribution is 2.09. The van der Waals surface area contributed by atoms with E-state index in [1.165, 1.54) is 12.3 Å². The van der Waals surface area contributed by atoms with Gasteiger partial charge in [-0.25, -0.2) is 4.79 Å². The minimum absolute atomic E-state index is 0.0296. The molecule has 0 atom stereocenters. The van der Waals surface area contributed by atoms with Gasteiger partial charge in [-0.15, -0.1) is 0 Å². The summed E-state index contributed by atoms with van der Waals surface area (Å²) < 4.78 is 10.1. The number of carboxylic acids is 1. The van der Waals surface area contributed by atoms with Crippen molar-refractivity contribution in [3.8, 4) is 0 Å². The maximum atomic E-state index is 10.8. The highest BCUT2D eigenvalue weighted by Gasteiger charge is 2.12. The molecule has 96 valence electrons. The molecule has 6 nitrogen and oxygen atoms in total. The molecule has 0 bridgehead atoms. The van der Waals surface area contributed by atoms with Crippen LogP contribution in [0.3, 0.4) is 0 Å². The zero-order valence-electron chi connectivity index (χ0n) is 9.52. The number of nitrogens with one attached hydrogen (secondary N) is 1. The number of aliphatic hydroxyl groups is 1. The number of furan rings is 1. The standard InChI is InChI=1S/C11H17NO5/c13-4-7-16-5-1-3-12-8-10-9(11(14)15)2-6-17-10/h2,6,12-13H,1,3-5,7-8H2,(H,14,15). The molecule has 1 aromatic rings. The van der Waals surface area contributed by atoms with Crippen molar-refractivity contribution in [2.24, 2.45) is 0 Å². The molecule has 0 aliphatic heterocycles. The third kappa shape index (κ3) is 4.99. The summed E-state index contributed by atoms with van der Waals surface area (Å²) in [7, 11) is 0. The number of aromatic carboxylic acids is 1. The van der Waals surface area contributed by atoms with E-state index in [-0.39, 0.29) is 12.2 Å². The molecule has 17 heavy (non-hydrogen) atoms. The van der Waals surface area contributed by atoms with Crippen molar-refractivity contribution < 1.29 is 24.2 Å². The summed E-state index contributed by atoms with van der Waals surface area (Å²) in [5, 5.41) is 20.4. The second-order valence-corrected chi connectivity index (χ2v) is 3.43. The Kier molecular flexibility index (Phi) is 6.31. The molecule has 0 radical (unpaired) electrons. The lowest BCUT2D eigenvalue weighted by Gasteiger charge is -2.04. The molecule has 0 amide bonds. The van der Waals surface area contributed by atoms with Gasteiger partial charge in [0.05, 0.1) is 26.0 Å². The summed E-state index contributed by atoms with van der Waals surface area (Å²) in [5.41, 5.74) is 0.189. The Balaban J connectivity index is 2.14. The van der Waals surface area contributed by atoms with Crippen LogP contribution in [0.5, 0.6) is 0 Å². The van der Waals surface area contributed by atoms with Crippen LogP contribution in [-0.2, 0) is 11.3 Å². The molecule has 0 saturated heterocycles. The third-order valence-corrected chi connectivity index (χ3v) is 2.14. The quantitative estimate of drug-likeness (QED) is 0.546. The first-order chi connectivity index (χ1) is 8.25. The molecule has 1 heterocycles. The van der Waals surface area contributed by atoms with E-state index in [0.29, 0.717) is 32.1 Å². The smallest absolute Gasteiger partial charge is 0.339 e. The van der Waals surface area contributed by atoms with E-state index in [0.717, 1.165) is 6.42 Å². The number of carbonyl (C=O) groups is 1. The fourth-order valence-electron chi connectivity index (χ4n) is 1.34. The lowest BCUT2D eigenvalue weighted by atomic mass is 10.2. The molecule has 3 N–H and O–H groups in total. The number of hydrogen-bond acceptors (Lipinski definition) is 5. The normalized spacial score (nSPS) is 10.6. The average Bonchev–Trinajstić information content (AvgIpc) is 2.76. The Labute approximate surface area is 99.2 Å². The van der Waals surface area contributed by atoms with Crippen LogP contribution in [0.25, 0.3) is 0 Å². The summed E-state index contributed by atoms with van der Waals surface area (Å²) in [4.78, 5) is 10.8. The zero-order valence-corrected chi connectivity index (χ0v) is 9.52. The SMILES string of the molecule is O=C(O)c1ccoc1CNCCCOCCO. The molecule has 0 aromatic carbocycles. The largest absolute Gasteiger partial charge is 0.478 e. The van der Waals surface area contributed by atoms with E-state index in [4.69, 9.17) is 19.4 Å². The van der Waals surface area contributed by atoms with Crippen molar-refractivity contribution in [2.45, 2.75) is 13.0 Å². The van der Waals surface area contributed by atoms with Crippen LogP contribution in [0.2, 0.25) is 0 Å². The first-order valence-electron chi connectivity index (χ1n) is 5.44. The van der Waals surface area contributed by atoms with E-state index in [2.05, 4.69) is 5.32 Å². The van der Waals surface area contributed by atoms with Gasteiger partial charge in [-0.05, 0) is 19.0 Å². The Bertz CT molecular complexity index is 336. The summed E-state index contributed by atoms with van der Waals surface area (Å²) >= 11 is 0. The molecular formula is C11H17NO5. The molecule has 1 rings (SSSR count). The van der Waals surface area contributed by atoms with Crippen LogP contribution in [-0.4, -0.2) is 42.5 Å². The lowest BCUT2D eigenvalue weighted by Crippen LogP contribution is -2.17. The van der Waals surface area contributed by atoms with Crippen molar-refractivity contribution >= 4 is 5.97 Å². The fraction of sp³-hybridized carbons (Fsp3) is 0.545. The van der Waals surface area contributed by atoms with Crippen LogP contribution in [0.4, 0.5) is 0 Å². The van der Waals surface area contributed by atoms with Crippen LogP contribution < -0.4 is 5.32 Å². The lowest BCUT2D eigenvalue weighted by molar-refractivity contribution is 0.0694. The molecule has 6 heteroatoms.